The van der Waals surface area contributed by atoms with Gasteiger partial charge in [0.2, 0.25) is 0 Å². The van der Waals surface area contributed by atoms with Crippen molar-refractivity contribution in [3.05, 3.63) is 29.8 Å². The minimum Gasteiger partial charge on any atom is -0.444 e. The van der Waals surface area contributed by atoms with Gasteiger partial charge in [0.25, 0.3) is 0 Å². The molecule has 0 aliphatic carbocycles. The van der Waals surface area contributed by atoms with Crippen LogP contribution in [0.15, 0.2) is 24.3 Å². The Morgan fingerprint density at radius 2 is 1.78 bits per heavy atom. The molecule has 0 fully saturated rings. The predicted molar refractivity (Wildman–Crippen MR) is 90.9 cm³/mol. The van der Waals surface area contributed by atoms with Crippen LogP contribution < -0.4 is 5.32 Å². The summed E-state index contributed by atoms with van der Waals surface area (Å²) in [4.78, 5) is 11.8. The molecule has 0 bridgehead atoms. The van der Waals surface area contributed by atoms with Gasteiger partial charge >= 0.3 is 13.7 Å². The molecule has 0 radical (unpaired) electrons. The van der Waals surface area contributed by atoms with E-state index in [0.29, 0.717) is 18.9 Å². The zero-order valence-electron chi connectivity index (χ0n) is 14.4. The van der Waals surface area contributed by atoms with Crippen molar-refractivity contribution in [1.82, 2.24) is 0 Å². The zero-order valence-corrected chi connectivity index (χ0v) is 15.3. The van der Waals surface area contributed by atoms with Crippen molar-refractivity contribution >= 4 is 19.4 Å². The van der Waals surface area contributed by atoms with Crippen LogP contribution in [-0.4, -0.2) is 24.9 Å². The first-order chi connectivity index (χ1) is 10.7. The van der Waals surface area contributed by atoms with Crippen LogP contribution >= 0.6 is 7.60 Å². The molecular weight excluding hydrogens is 317 g/mol. The lowest BCUT2D eigenvalue weighted by Crippen LogP contribution is -2.27. The molecule has 7 heteroatoms. The van der Waals surface area contributed by atoms with Gasteiger partial charge in [-0.3, -0.25) is 9.88 Å². The van der Waals surface area contributed by atoms with Gasteiger partial charge in [0.15, 0.2) is 0 Å². The van der Waals surface area contributed by atoms with Crippen molar-refractivity contribution in [3.8, 4) is 0 Å². The van der Waals surface area contributed by atoms with Crippen molar-refractivity contribution < 1.29 is 23.1 Å². The van der Waals surface area contributed by atoms with Gasteiger partial charge in [-0.25, -0.2) is 4.79 Å². The molecule has 0 heterocycles. The second-order valence-electron chi connectivity index (χ2n) is 5.93. The van der Waals surface area contributed by atoms with E-state index < -0.39 is 19.3 Å². The van der Waals surface area contributed by atoms with Crippen LogP contribution in [0.2, 0.25) is 0 Å². The highest BCUT2D eigenvalue weighted by molar-refractivity contribution is 7.53. The molecule has 1 rings (SSSR count). The minimum atomic E-state index is -3.17. The lowest BCUT2D eigenvalue weighted by atomic mass is 10.2. The first-order valence-electron chi connectivity index (χ1n) is 7.64. The number of benzene rings is 1. The smallest absolute Gasteiger partial charge is 0.412 e. The second kappa shape index (κ2) is 8.48. The molecular formula is C16H26NO5P. The molecule has 0 aliphatic rings. The molecule has 0 aromatic heterocycles. The van der Waals surface area contributed by atoms with E-state index in [0.717, 1.165) is 5.56 Å². The summed E-state index contributed by atoms with van der Waals surface area (Å²) in [6, 6.07) is 7.05. The summed E-state index contributed by atoms with van der Waals surface area (Å²) < 4.78 is 28.3. The average Bonchev–Trinajstić information content (AvgIpc) is 2.36. The van der Waals surface area contributed by atoms with E-state index in [4.69, 9.17) is 13.8 Å². The molecule has 130 valence electrons. The van der Waals surface area contributed by atoms with E-state index in [2.05, 4.69) is 5.32 Å². The predicted octanol–water partition coefficient (Wildman–Crippen LogP) is 4.80. The second-order valence-corrected chi connectivity index (χ2v) is 7.99. The van der Waals surface area contributed by atoms with Gasteiger partial charge in [0.05, 0.1) is 19.4 Å². The topological polar surface area (TPSA) is 73.9 Å². The third-order valence-electron chi connectivity index (χ3n) is 2.60. The van der Waals surface area contributed by atoms with E-state index >= 15 is 0 Å². The monoisotopic (exact) mass is 343 g/mol. The molecule has 6 nitrogen and oxygen atoms in total. The number of carbonyl (C=O) groups is 1. The fourth-order valence-corrected chi connectivity index (χ4v) is 3.60. The van der Waals surface area contributed by atoms with Crippen LogP contribution in [0.4, 0.5) is 10.5 Å². The quantitative estimate of drug-likeness (QED) is 0.720. The molecule has 23 heavy (non-hydrogen) atoms. The van der Waals surface area contributed by atoms with E-state index in [1.54, 1.807) is 52.8 Å². The van der Waals surface area contributed by atoms with Crippen molar-refractivity contribution in [2.75, 3.05) is 18.5 Å². The minimum absolute atomic E-state index is 0.151. The highest BCUT2D eigenvalue weighted by atomic mass is 31.2. The first kappa shape index (κ1) is 19.7. The molecule has 0 saturated carbocycles. The third-order valence-corrected chi connectivity index (χ3v) is 4.66. The van der Waals surface area contributed by atoms with Gasteiger partial charge in [-0.05, 0) is 52.3 Å². The van der Waals surface area contributed by atoms with Gasteiger partial charge in [-0.1, -0.05) is 12.1 Å². The van der Waals surface area contributed by atoms with E-state index in [1.165, 1.54) is 0 Å². The normalized spacial score (nSPS) is 12.0. The highest BCUT2D eigenvalue weighted by Gasteiger charge is 2.24. The van der Waals surface area contributed by atoms with Crippen LogP contribution in [0.5, 0.6) is 0 Å². The Bertz CT molecular complexity index is 558. The van der Waals surface area contributed by atoms with Crippen LogP contribution in [0.25, 0.3) is 0 Å². The number of ether oxygens (including phenoxy) is 1. The Balaban J connectivity index is 2.80. The van der Waals surface area contributed by atoms with Crippen LogP contribution in [0.1, 0.15) is 40.2 Å². The summed E-state index contributed by atoms with van der Waals surface area (Å²) in [5.41, 5.74) is 0.751. The maximum atomic E-state index is 12.5. The standard InChI is InChI=1S/C16H26NO5P/c1-6-20-23(19,21-7-2)12-13-9-8-10-14(11-13)17-15(18)22-16(3,4)5/h8-11H,6-7,12H2,1-5H3,(H,17,18). The number of hydrogen-bond donors (Lipinski definition) is 1. The number of carbonyl (C=O) groups excluding carboxylic acids is 1. The van der Waals surface area contributed by atoms with Crippen LogP contribution in [0.3, 0.4) is 0 Å². The van der Waals surface area contributed by atoms with Gasteiger partial charge in [-0.2, -0.15) is 0 Å². The fourth-order valence-electron chi connectivity index (χ4n) is 1.91. The molecule has 1 aromatic rings. The van der Waals surface area contributed by atoms with Crippen LogP contribution in [0, 0.1) is 0 Å². The molecule has 0 spiro atoms. The molecule has 1 amide bonds. The van der Waals surface area contributed by atoms with Crippen molar-refractivity contribution in [2.45, 2.75) is 46.4 Å². The number of hydrogen-bond acceptors (Lipinski definition) is 5. The Morgan fingerprint density at radius 3 is 2.30 bits per heavy atom. The van der Waals surface area contributed by atoms with Gasteiger partial charge in [0, 0.05) is 5.69 Å². The number of nitrogens with one attached hydrogen (secondary N) is 1. The lowest BCUT2D eigenvalue weighted by Gasteiger charge is -2.20. The summed E-state index contributed by atoms with van der Waals surface area (Å²) in [6.45, 7) is 9.55. The third kappa shape index (κ3) is 7.64. The first-order valence-corrected chi connectivity index (χ1v) is 9.37. The molecule has 0 unspecified atom stereocenters. The summed E-state index contributed by atoms with van der Waals surface area (Å²) in [7, 11) is -3.17. The summed E-state index contributed by atoms with van der Waals surface area (Å²) >= 11 is 0. The zero-order chi connectivity index (χ0) is 17.5. The maximum absolute atomic E-state index is 12.5. The maximum Gasteiger partial charge on any atom is 0.412 e. The Labute approximate surface area is 138 Å². The highest BCUT2D eigenvalue weighted by Crippen LogP contribution is 2.51. The SMILES string of the molecule is CCOP(=O)(Cc1cccc(NC(=O)OC(C)(C)C)c1)OCC. The van der Waals surface area contributed by atoms with Gasteiger partial charge in [-0.15, -0.1) is 0 Å². The van der Waals surface area contributed by atoms with Crippen molar-refractivity contribution in [1.29, 1.82) is 0 Å². The average molecular weight is 343 g/mol. The Morgan fingerprint density at radius 1 is 1.17 bits per heavy atom. The van der Waals surface area contributed by atoms with Gasteiger partial charge < -0.3 is 13.8 Å². The van der Waals surface area contributed by atoms with E-state index in [9.17, 15) is 9.36 Å². The van der Waals surface area contributed by atoms with Crippen molar-refractivity contribution in [3.63, 3.8) is 0 Å². The molecule has 1 aromatic carbocycles. The lowest BCUT2D eigenvalue weighted by molar-refractivity contribution is 0.0636. The molecule has 0 aliphatic heterocycles. The largest absolute Gasteiger partial charge is 0.444 e. The Hall–Kier alpha value is -1.36. The molecule has 0 atom stereocenters. The number of amides is 1. The van der Waals surface area contributed by atoms with Crippen molar-refractivity contribution in [2.24, 2.45) is 0 Å². The molecule has 1 N–H and O–H groups in total. The number of rotatable bonds is 7. The molecule has 0 saturated heterocycles. The summed E-state index contributed by atoms with van der Waals surface area (Å²) in [5.74, 6) is 0. The summed E-state index contributed by atoms with van der Waals surface area (Å²) in [5, 5.41) is 2.66. The van der Waals surface area contributed by atoms with Gasteiger partial charge in [0.1, 0.15) is 5.60 Å². The number of anilines is 1. The fraction of sp³-hybridized carbons (Fsp3) is 0.562. The summed E-state index contributed by atoms with van der Waals surface area (Å²) in [6.07, 6.45) is -0.383. The van der Waals surface area contributed by atoms with E-state index in [-0.39, 0.29) is 6.16 Å². The Kier molecular flexibility index (Phi) is 7.26. The van der Waals surface area contributed by atoms with Crippen LogP contribution in [-0.2, 0) is 24.5 Å². The van der Waals surface area contributed by atoms with E-state index in [1.807, 2.05) is 6.07 Å².